The summed E-state index contributed by atoms with van der Waals surface area (Å²) in [6.07, 6.45) is 1.63. The Hall–Kier alpha value is -2.57. The largest absolute Gasteiger partial charge is 0.496 e. The second kappa shape index (κ2) is 11.0. The first-order valence-electron chi connectivity index (χ1n) is 12.0. The molecule has 0 bridgehead atoms. The number of morpholine rings is 1. The molecule has 1 unspecified atom stereocenters. The summed E-state index contributed by atoms with van der Waals surface area (Å²) < 4.78 is 17.2. The van der Waals surface area contributed by atoms with Gasteiger partial charge in [0.2, 0.25) is 0 Å². The smallest absolute Gasteiger partial charge is 0.253 e. The van der Waals surface area contributed by atoms with Crippen molar-refractivity contribution in [2.45, 2.75) is 45.9 Å². The van der Waals surface area contributed by atoms with E-state index in [1.54, 1.807) is 7.11 Å². The van der Waals surface area contributed by atoms with Crippen LogP contribution in [0, 0.1) is 5.92 Å². The van der Waals surface area contributed by atoms with Crippen LogP contribution in [-0.2, 0) is 29.0 Å². The first-order valence-corrected chi connectivity index (χ1v) is 12.0. The molecule has 4 rings (SSSR count). The lowest BCUT2D eigenvalue weighted by Gasteiger charge is -2.36. The Morgan fingerprint density at radius 2 is 2.06 bits per heavy atom. The van der Waals surface area contributed by atoms with Gasteiger partial charge in [0, 0.05) is 38.3 Å². The number of amides is 1. The van der Waals surface area contributed by atoms with Crippen LogP contribution in [-0.4, -0.2) is 61.8 Å². The molecule has 2 aromatic rings. The van der Waals surface area contributed by atoms with Gasteiger partial charge in [-0.2, -0.15) is 0 Å². The third-order valence-corrected chi connectivity index (χ3v) is 6.26. The van der Waals surface area contributed by atoms with Crippen molar-refractivity contribution in [3.8, 4) is 11.5 Å². The Bertz CT molecular complexity index is 945. The number of ether oxygens (including phenoxy) is 3. The summed E-state index contributed by atoms with van der Waals surface area (Å²) >= 11 is 0. The topological polar surface area (TPSA) is 51.2 Å². The summed E-state index contributed by atoms with van der Waals surface area (Å²) in [5.41, 5.74) is 3.52. The average molecular weight is 453 g/mol. The van der Waals surface area contributed by atoms with Crippen molar-refractivity contribution in [1.82, 2.24) is 9.80 Å². The van der Waals surface area contributed by atoms with E-state index in [1.165, 1.54) is 5.56 Å². The first kappa shape index (κ1) is 23.6. The van der Waals surface area contributed by atoms with Gasteiger partial charge < -0.3 is 19.1 Å². The van der Waals surface area contributed by atoms with E-state index in [-0.39, 0.29) is 5.91 Å². The van der Waals surface area contributed by atoms with Gasteiger partial charge in [-0.05, 0) is 42.0 Å². The van der Waals surface area contributed by atoms with E-state index in [0.717, 1.165) is 55.2 Å². The fraction of sp³-hybridized carbons (Fsp3) is 0.519. The predicted octanol–water partition coefficient (Wildman–Crippen LogP) is 3.91. The highest BCUT2D eigenvalue weighted by Crippen LogP contribution is 2.27. The number of carbonyl (C=O) groups excluding carboxylic acids is 1. The van der Waals surface area contributed by atoms with Gasteiger partial charge in [-0.1, -0.05) is 44.2 Å². The number of hydrogen-bond donors (Lipinski definition) is 0. The van der Waals surface area contributed by atoms with Crippen molar-refractivity contribution in [3.63, 3.8) is 0 Å². The number of rotatable bonds is 8. The van der Waals surface area contributed by atoms with Crippen molar-refractivity contribution >= 4 is 5.91 Å². The number of hydrogen-bond acceptors (Lipinski definition) is 5. The minimum Gasteiger partial charge on any atom is -0.496 e. The number of benzene rings is 2. The number of fused-ring (bicyclic) bond motifs is 1. The van der Waals surface area contributed by atoms with Gasteiger partial charge in [-0.3, -0.25) is 9.69 Å². The number of carbonyl (C=O) groups is 1. The molecule has 2 aliphatic rings. The molecule has 0 spiro atoms. The van der Waals surface area contributed by atoms with E-state index >= 15 is 0 Å². The maximum absolute atomic E-state index is 13.6. The van der Waals surface area contributed by atoms with E-state index in [4.69, 9.17) is 14.2 Å². The van der Waals surface area contributed by atoms with Gasteiger partial charge >= 0.3 is 0 Å². The zero-order valence-electron chi connectivity index (χ0n) is 20.1. The summed E-state index contributed by atoms with van der Waals surface area (Å²) in [5.74, 6) is 2.31. The number of methoxy groups -OCH3 is 1. The maximum atomic E-state index is 13.6. The molecule has 0 aromatic heterocycles. The second-order valence-corrected chi connectivity index (χ2v) is 9.41. The normalized spacial score (nSPS) is 18.5. The second-order valence-electron chi connectivity index (χ2n) is 9.41. The van der Waals surface area contributed by atoms with Crippen LogP contribution in [0.5, 0.6) is 11.5 Å². The van der Waals surface area contributed by atoms with Gasteiger partial charge in [-0.25, -0.2) is 0 Å². The summed E-state index contributed by atoms with van der Waals surface area (Å²) in [5, 5.41) is 0. The van der Waals surface area contributed by atoms with Crippen molar-refractivity contribution in [3.05, 3.63) is 59.2 Å². The van der Waals surface area contributed by atoms with Gasteiger partial charge in [0.25, 0.3) is 5.91 Å². The summed E-state index contributed by atoms with van der Waals surface area (Å²) in [7, 11) is 1.70. The molecule has 6 heteroatoms. The molecule has 6 nitrogen and oxygen atoms in total. The Morgan fingerprint density at radius 3 is 2.88 bits per heavy atom. The zero-order valence-corrected chi connectivity index (χ0v) is 20.1. The SMILES string of the molecule is COc1ccccc1CN1CCOC(C(=O)N(Cc2ccc3c(c2)CCCO3)CC(C)C)C1. The monoisotopic (exact) mass is 452 g/mol. The van der Waals surface area contributed by atoms with Crippen LogP contribution in [0.4, 0.5) is 0 Å². The molecule has 2 heterocycles. The van der Waals surface area contributed by atoms with E-state index < -0.39 is 6.10 Å². The molecule has 0 radical (unpaired) electrons. The lowest BCUT2D eigenvalue weighted by molar-refractivity contribution is -0.151. The summed E-state index contributed by atoms with van der Waals surface area (Å²) in [4.78, 5) is 17.8. The fourth-order valence-electron chi connectivity index (χ4n) is 4.68. The number of para-hydroxylation sites is 1. The van der Waals surface area contributed by atoms with Gasteiger partial charge in [0.1, 0.15) is 17.6 Å². The molecule has 2 aromatic carbocycles. The molecule has 2 aliphatic heterocycles. The molecular weight excluding hydrogens is 416 g/mol. The molecule has 0 aliphatic carbocycles. The lowest BCUT2D eigenvalue weighted by atomic mass is 10.0. The van der Waals surface area contributed by atoms with E-state index in [0.29, 0.717) is 32.2 Å². The van der Waals surface area contributed by atoms with Crippen molar-refractivity contribution in [1.29, 1.82) is 0 Å². The molecule has 1 amide bonds. The van der Waals surface area contributed by atoms with E-state index in [2.05, 4.69) is 36.9 Å². The number of nitrogens with zero attached hydrogens (tertiary/aromatic N) is 2. The van der Waals surface area contributed by atoms with Crippen molar-refractivity contribution in [2.24, 2.45) is 5.92 Å². The summed E-state index contributed by atoms with van der Waals surface area (Å²) in [6.45, 7) is 9.07. The van der Waals surface area contributed by atoms with Crippen LogP contribution < -0.4 is 9.47 Å². The number of aryl methyl sites for hydroxylation is 1. The molecule has 1 fully saturated rings. The highest BCUT2D eigenvalue weighted by atomic mass is 16.5. The fourth-order valence-corrected chi connectivity index (χ4v) is 4.68. The predicted molar refractivity (Wildman–Crippen MR) is 129 cm³/mol. The van der Waals surface area contributed by atoms with Crippen molar-refractivity contribution < 1.29 is 19.0 Å². The Kier molecular flexibility index (Phi) is 7.89. The highest BCUT2D eigenvalue weighted by Gasteiger charge is 2.31. The minimum atomic E-state index is -0.451. The molecular formula is C27H36N2O4. The van der Waals surface area contributed by atoms with Gasteiger partial charge in [-0.15, -0.1) is 0 Å². The van der Waals surface area contributed by atoms with Crippen LogP contribution in [0.1, 0.15) is 37.0 Å². The molecule has 0 N–H and O–H groups in total. The van der Waals surface area contributed by atoms with Crippen LogP contribution in [0.25, 0.3) is 0 Å². The van der Waals surface area contributed by atoms with E-state index in [1.807, 2.05) is 29.2 Å². The van der Waals surface area contributed by atoms with Crippen LogP contribution in [0.15, 0.2) is 42.5 Å². The minimum absolute atomic E-state index is 0.0717. The van der Waals surface area contributed by atoms with Crippen LogP contribution in [0.2, 0.25) is 0 Å². The van der Waals surface area contributed by atoms with Gasteiger partial charge in [0.15, 0.2) is 0 Å². The summed E-state index contributed by atoms with van der Waals surface area (Å²) in [6, 6.07) is 14.4. The zero-order chi connectivity index (χ0) is 23.2. The quantitative estimate of drug-likeness (QED) is 0.608. The Balaban J connectivity index is 1.44. The Labute approximate surface area is 197 Å². The molecule has 1 atom stereocenters. The molecule has 33 heavy (non-hydrogen) atoms. The Morgan fingerprint density at radius 1 is 1.21 bits per heavy atom. The third-order valence-electron chi connectivity index (χ3n) is 6.26. The first-order chi connectivity index (χ1) is 16.0. The average Bonchev–Trinajstić information content (AvgIpc) is 2.83. The van der Waals surface area contributed by atoms with Gasteiger partial charge in [0.05, 0.1) is 20.3 Å². The highest BCUT2D eigenvalue weighted by molar-refractivity contribution is 5.81. The standard InChI is InChI=1S/C27H36N2O4/c1-20(2)16-29(17-21-10-11-25-22(15-21)8-6-13-32-25)27(30)26-19-28(12-14-33-26)18-23-7-4-5-9-24(23)31-3/h4-5,7,9-11,15,20,26H,6,8,12-14,16-19H2,1-3H3. The molecule has 0 saturated carbocycles. The van der Waals surface area contributed by atoms with Crippen molar-refractivity contribution in [2.75, 3.05) is 40.0 Å². The molecule has 178 valence electrons. The maximum Gasteiger partial charge on any atom is 0.253 e. The molecule has 1 saturated heterocycles. The third kappa shape index (κ3) is 6.06. The van der Waals surface area contributed by atoms with Crippen LogP contribution in [0.3, 0.4) is 0 Å². The lowest BCUT2D eigenvalue weighted by Crippen LogP contribution is -2.51. The van der Waals surface area contributed by atoms with E-state index in [9.17, 15) is 4.79 Å². The van der Waals surface area contributed by atoms with Crippen LogP contribution >= 0.6 is 0 Å².